The maximum atomic E-state index is 13.1. The average molecular weight is 443 g/mol. The van der Waals surface area contributed by atoms with Gasteiger partial charge < -0.3 is 4.74 Å². The van der Waals surface area contributed by atoms with E-state index in [0.29, 0.717) is 0 Å². The lowest BCUT2D eigenvalue weighted by atomic mass is 10.1. The van der Waals surface area contributed by atoms with E-state index in [4.69, 9.17) is 9.88 Å². The lowest BCUT2D eigenvalue weighted by molar-refractivity contribution is -0.143. The van der Waals surface area contributed by atoms with Gasteiger partial charge in [-0.1, -0.05) is 12.1 Å². The Kier molecular flexibility index (Phi) is 5.63. The first kappa shape index (κ1) is 21.5. The number of alkyl halides is 3. The second kappa shape index (κ2) is 7.88. The highest BCUT2D eigenvalue weighted by atomic mass is 32.2. The van der Waals surface area contributed by atoms with Crippen LogP contribution in [0.15, 0.2) is 64.4 Å². The van der Waals surface area contributed by atoms with Crippen LogP contribution in [-0.2, 0) is 16.6 Å². The molecule has 7 nitrogen and oxygen atoms in total. The zero-order valence-corrected chi connectivity index (χ0v) is 15.7. The topological polar surface area (TPSA) is 104 Å². The fourth-order valence-corrected chi connectivity index (χ4v) is 3.02. The quantitative estimate of drug-likeness (QED) is 0.611. The molecule has 0 atom stereocenters. The van der Waals surface area contributed by atoms with Gasteiger partial charge in [-0.05, 0) is 42.0 Å². The van der Waals surface area contributed by atoms with E-state index in [1.54, 1.807) is 0 Å². The highest BCUT2D eigenvalue weighted by molar-refractivity contribution is 7.89. The zero-order valence-electron chi connectivity index (χ0n) is 14.9. The number of hydrogen-bond donors (Lipinski definition) is 1. The molecule has 30 heavy (non-hydrogen) atoms. The third kappa shape index (κ3) is 5.02. The van der Waals surface area contributed by atoms with E-state index in [9.17, 15) is 30.8 Å². The normalized spacial score (nSPS) is 12.0. The highest BCUT2D eigenvalue weighted by Crippen LogP contribution is 2.31. The molecule has 0 fully saturated rings. The van der Waals surface area contributed by atoms with Crippen LogP contribution in [0, 0.1) is 5.82 Å². The van der Waals surface area contributed by atoms with Crippen LogP contribution in [-0.4, -0.2) is 24.4 Å². The molecule has 3 aromatic rings. The summed E-state index contributed by atoms with van der Waals surface area (Å²) in [6, 6.07) is 9.38. The predicted molar refractivity (Wildman–Crippen MR) is 97.8 cm³/mol. The molecule has 158 valence electrons. The van der Waals surface area contributed by atoms with Gasteiger partial charge in [0.2, 0.25) is 15.8 Å². The molecule has 2 N–H and O–H groups in total. The Morgan fingerprint density at radius 2 is 1.63 bits per heavy atom. The number of ether oxygens (including phenoxy) is 1. The van der Waals surface area contributed by atoms with E-state index in [2.05, 4.69) is 5.10 Å². The summed E-state index contributed by atoms with van der Waals surface area (Å²) in [7, 11) is -3.97. The summed E-state index contributed by atoms with van der Waals surface area (Å²) < 4.78 is 79.8. The van der Waals surface area contributed by atoms with Crippen LogP contribution in [0.1, 0.15) is 0 Å². The molecule has 0 saturated heterocycles. The number of nitrogens with two attached hydrogens (primary N) is 1. The van der Waals surface area contributed by atoms with Gasteiger partial charge in [-0.25, -0.2) is 22.6 Å². The van der Waals surface area contributed by atoms with Crippen molar-refractivity contribution in [3.8, 4) is 22.6 Å². The molecule has 1 aromatic heterocycles. The van der Waals surface area contributed by atoms with Crippen LogP contribution in [0.4, 0.5) is 17.6 Å². The second-order valence-corrected chi connectivity index (χ2v) is 7.65. The van der Waals surface area contributed by atoms with E-state index in [1.807, 2.05) is 0 Å². The lowest BCUT2D eigenvalue weighted by Crippen LogP contribution is -2.30. The van der Waals surface area contributed by atoms with Crippen LogP contribution in [0.5, 0.6) is 11.5 Å². The Balaban J connectivity index is 2.12. The third-order valence-electron chi connectivity index (χ3n) is 3.86. The molecule has 1 heterocycles. The van der Waals surface area contributed by atoms with Gasteiger partial charge in [0.1, 0.15) is 18.1 Å². The van der Waals surface area contributed by atoms with Crippen molar-refractivity contribution in [3.05, 3.63) is 70.9 Å². The molecule has 12 heteroatoms. The Morgan fingerprint density at radius 1 is 1.03 bits per heavy atom. The van der Waals surface area contributed by atoms with Gasteiger partial charge in [-0.15, -0.1) is 0 Å². The summed E-state index contributed by atoms with van der Waals surface area (Å²) in [5.74, 6) is -1.07. The van der Waals surface area contributed by atoms with Crippen LogP contribution >= 0.6 is 0 Å². The molecule has 0 aliphatic carbocycles. The third-order valence-corrected chi connectivity index (χ3v) is 4.79. The van der Waals surface area contributed by atoms with E-state index in [1.165, 1.54) is 24.3 Å². The maximum absolute atomic E-state index is 13.1. The molecule has 0 spiro atoms. The maximum Gasteiger partial charge on any atom is 0.408 e. The number of nitrogens with zero attached hydrogens (tertiary/aromatic N) is 2. The van der Waals surface area contributed by atoms with E-state index < -0.39 is 39.9 Å². The van der Waals surface area contributed by atoms with Crippen molar-refractivity contribution in [1.29, 1.82) is 0 Å². The zero-order chi connectivity index (χ0) is 22.1. The molecular weight excluding hydrogens is 430 g/mol. The Hall–Kier alpha value is -3.25. The van der Waals surface area contributed by atoms with Crippen molar-refractivity contribution in [2.24, 2.45) is 5.14 Å². The van der Waals surface area contributed by atoms with Gasteiger partial charge in [0.25, 0.3) is 0 Å². The number of rotatable bonds is 5. The Labute approximate surface area is 167 Å². The molecule has 0 aliphatic heterocycles. The summed E-state index contributed by atoms with van der Waals surface area (Å²) >= 11 is 0. The summed E-state index contributed by atoms with van der Waals surface area (Å²) in [5.41, 5.74) is -0.934. The molecule has 0 radical (unpaired) electrons. The molecule has 2 aromatic carbocycles. The first-order valence-electron chi connectivity index (χ1n) is 8.17. The Bertz CT molecular complexity index is 1220. The van der Waals surface area contributed by atoms with Gasteiger partial charge in [0.15, 0.2) is 0 Å². The second-order valence-electron chi connectivity index (χ2n) is 6.09. The van der Waals surface area contributed by atoms with Gasteiger partial charge in [-0.3, -0.25) is 4.79 Å². The summed E-state index contributed by atoms with van der Waals surface area (Å²) in [4.78, 5) is 12.4. The SMILES string of the molecule is NS(=O)(=O)c1ccc(-c2cnn(CC(F)(F)F)c(=O)c2Oc2ccc(F)cc2)cc1. The van der Waals surface area contributed by atoms with Crippen molar-refractivity contribution in [1.82, 2.24) is 9.78 Å². The van der Waals surface area contributed by atoms with Crippen molar-refractivity contribution in [3.63, 3.8) is 0 Å². The van der Waals surface area contributed by atoms with E-state index >= 15 is 0 Å². The number of halogens is 4. The molecule has 0 amide bonds. The van der Waals surface area contributed by atoms with Gasteiger partial charge in [-0.2, -0.15) is 18.3 Å². The van der Waals surface area contributed by atoms with Crippen molar-refractivity contribution >= 4 is 10.0 Å². The summed E-state index contributed by atoms with van der Waals surface area (Å²) in [5, 5.41) is 8.57. The van der Waals surface area contributed by atoms with Crippen LogP contribution in [0.3, 0.4) is 0 Å². The van der Waals surface area contributed by atoms with Crippen LogP contribution < -0.4 is 15.4 Å². The monoisotopic (exact) mass is 443 g/mol. The van der Waals surface area contributed by atoms with Gasteiger partial charge >= 0.3 is 11.7 Å². The molecule has 0 unspecified atom stereocenters. The number of sulfonamides is 1. The van der Waals surface area contributed by atoms with Crippen molar-refractivity contribution in [2.75, 3.05) is 0 Å². The van der Waals surface area contributed by atoms with Crippen LogP contribution in [0.2, 0.25) is 0 Å². The summed E-state index contributed by atoms with van der Waals surface area (Å²) in [6.45, 7) is -1.64. The smallest absolute Gasteiger partial charge is 0.408 e. The van der Waals surface area contributed by atoms with Crippen LogP contribution in [0.25, 0.3) is 11.1 Å². The minimum atomic E-state index is -4.71. The lowest BCUT2D eigenvalue weighted by Gasteiger charge is -2.14. The fourth-order valence-electron chi connectivity index (χ4n) is 2.50. The van der Waals surface area contributed by atoms with Gasteiger partial charge in [0.05, 0.1) is 16.7 Å². The van der Waals surface area contributed by atoms with E-state index in [-0.39, 0.29) is 26.5 Å². The molecule has 0 saturated carbocycles. The molecular formula is C18H13F4N3O4S. The van der Waals surface area contributed by atoms with Gasteiger partial charge in [0, 0.05) is 0 Å². The first-order chi connectivity index (χ1) is 13.9. The molecule has 3 rings (SSSR count). The number of hydrogen-bond acceptors (Lipinski definition) is 5. The van der Waals surface area contributed by atoms with E-state index in [0.717, 1.165) is 30.5 Å². The van der Waals surface area contributed by atoms with Crippen molar-refractivity contribution in [2.45, 2.75) is 17.6 Å². The highest BCUT2D eigenvalue weighted by Gasteiger charge is 2.30. The molecule has 0 aliphatic rings. The number of primary sulfonamides is 1. The fraction of sp³-hybridized carbons (Fsp3) is 0.111. The number of benzene rings is 2. The molecule has 0 bridgehead atoms. The minimum absolute atomic E-state index is 0.000616. The summed E-state index contributed by atoms with van der Waals surface area (Å²) in [6.07, 6.45) is -3.72. The predicted octanol–water partition coefficient (Wildman–Crippen LogP) is 3.05. The average Bonchev–Trinajstić information content (AvgIpc) is 2.65. The standard InChI is InChI=1S/C18H13F4N3O4S/c19-12-3-5-13(6-4-12)29-16-15(9-24-25(17(16)26)10-18(20,21)22)11-1-7-14(8-2-11)30(23,27)28/h1-9H,10H2,(H2,23,27,28). The minimum Gasteiger partial charge on any atom is -0.451 e. The largest absolute Gasteiger partial charge is 0.451 e. The number of aromatic nitrogens is 2. The first-order valence-corrected chi connectivity index (χ1v) is 9.72. The van der Waals surface area contributed by atoms with Crippen molar-refractivity contribution < 1.29 is 30.7 Å². The Morgan fingerprint density at radius 3 is 2.17 bits per heavy atom.